The van der Waals surface area contributed by atoms with Crippen LogP contribution in [0.2, 0.25) is 0 Å². The molecule has 0 spiro atoms. The van der Waals surface area contributed by atoms with Gasteiger partial charge >= 0.3 is 11.8 Å². The number of hydrogen-bond donors (Lipinski definition) is 2. The lowest BCUT2D eigenvalue weighted by molar-refractivity contribution is -0.136. The van der Waals surface area contributed by atoms with Crippen LogP contribution >= 0.6 is 0 Å². The van der Waals surface area contributed by atoms with Gasteiger partial charge in [0, 0.05) is 30.5 Å². The summed E-state index contributed by atoms with van der Waals surface area (Å²) in [7, 11) is 0. The van der Waals surface area contributed by atoms with Gasteiger partial charge in [-0.25, -0.2) is 0 Å². The van der Waals surface area contributed by atoms with E-state index >= 15 is 0 Å². The van der Waals surface area contributed by atoms with Crippen molar-refractivity contribution in [2.45, 2.75) is 57.4 Å². The monoisotopic (exact) mass is 329 g/mol. The van der Waals surface area contributed by atoms with Gasteiger partial charge in [-0.3, -0.25) is 9.59 Å². The topological polar surface area (TPSA) is 61.4 Å². The Morgan fingerprint density at radius 3 is 2.12 bits per heavy atom. The number of hydrogen-bond acceptors (Lipinski definition) is 3. The minimum atomic E-state index is -0.578. The molecule has 1 saturated carbocycles. The van der Waals surface area contributed by atoms with E-state index in [1.807, 2.05) is 24.3 Å². The standard InChI is InChI=1S/C19H27N3O2/c23-18(20-15-7-3-1-4-8-15)19(24)21-16-9-11-17(12-10-16)22-13-5-2-6-14-22/h9-12,15H,1-8,13-14H2,(H,20,23)(H,21,24). The van der Waals surface area contributed by atoms with E-state index in [4.69, 9.17) is 0 Å². The number of nitrogens with one attached hydrogen (secondary N) is 2. The van der Waals surface area contributed by atoms with Gasteiger partial charge in [-0.2, -0.15) is 0 Å². The van der Waals surface area contributed by atoms with E-state index < -0.39 is 11.8 Å². The summed E-state index contributed by atoms with van der Waals surface area (Å²) < 4.78 is 0. The maximum atomic E-state index is 12.0. The highest BCUT2D eigenvalue weighted by molar-refractivity contribution is 6.39. The van der Waals surface area contributed by atoms with Crippen LogP contribution in [-0.4, -0.2) is 30.9 Å². The van der Waals surface area contributed by atoms with Gasteiger partial charge in [0.15, 0.2) is 0 Å². The van der Waals surface area contributed by atoms with Crippen LogP contribution in [0.3, 0.4) is 0 Å². The highest BCUT2D eigenvalue weighted by Gasteiger charge is 2.20. The molecule has 0 unspecified atom stereocenters. The van der Waals surface area contributed by atoms with Crippen molar-refractivity contribution in [3.05, 3.63) is 24.3 Å². The van der Waals surface area contributed by atoms with Gasteiger partial charge in [0.05, 0.1) is 0 Å². The van der Waals surface area contributed by atoms with Crippen LogP contribution in [0, 0.1) is 0 Å². The van der Waals surface area contributed by atoms with Gasteiger partial charge in [-0.05, 0) is 56.4 Å². The third-order valence-corrected chi connectivity index (χ3v) is 4.99. The molecule has 2 amide bonds. The summed E-state index contributed by atoms with van der Waals surface area (Å²) in [5, 5.41) is 5.53. The molecule has 0 bridgehead atoms. The summed E-state index contributed by atoms with van der Waals surface area (Å²) in [5.41, 5.74) is 1.85. The second kappa shape index (κ2) is 8.18. The average Bonchev–Trinajstić information content (AvgIpc) is 2.64. The predicted molar refractivity (Wildman–Crippen MR) is 96.2 cm³/mol. The molecule has 3 rings (SSSR count). The fourth-order valence-electron chi connectivity index (χ4n) is 3.59. The zero-order chi connectivity index (χ0) is 16.8. The normalized spacial score (nSPS) is 18.9. The molecular formula is C19H27N3O2. The Balaban J connectivity index is 1.51. The van der Waals surface area contributed by atoms with Crippen molar-refractivity contribution >= 4 is 23.2 Å². The zero-order valence-electron chi connectivity index (χ0n) is 14.2. The number of nitrogens with zero attached hydrogens (tertiary/aromatic N) is 1. The summed E-state index contributed by atoms with van der Waals surface area (Å²) >= 11 is 0. The predicted octanol–water partition coefficient (Wildman–Crippen LogP) is 3.06. The van der Waals surface area contributed by atoms with E-state index in [9.17, 15) is 9.59 Å². The third-order valence-electron chi connectivity index (χ3n) is 4.99. The first-order valence-corrected chi connectivity index (χ1v) is 9.19. The van der Waals surface area contributed by atoms with Crippen LogP contribution in [0.1, 0.15) is 51.4 Å². The largest absolute Gasteiger partial charge is 0.372 e. The number of amides is 2. The summed E-state index contributed by atoms with van der Waals surface area (Å²) in [6.45, 7) is 2.19. The molecule has 1 aromatic rings. The van der Waals surface area contributed by atoms with Crippen molar-refractivity contribution in [3.63, 3.8) is 0 Å². The Bertz CT molecular complexity index is 558. The lowest BCUT2D eigenvalue weighted by Gasteiger charge is -2.28. The van der Waals surface area contributed by atoms with Crippen LogP contribution in [0.15, 0.2) is 24.3 Å². The molecule has 1 aromatic carbocycles. The van der Waals surface area contributed by atoms with Crippen molar-refractivity contribution < 1.29 is 9.59 Å². The molecule has 5 heteroatoms. The Morgan fingerprint density at radius 2 is 1.46 bits per heavy atom. The van der Waals surface area contributed by atoms with Crippen LogP contribution in [0.5, 0.6) is 0 Å². The van der Waals surface area contributed by atoms with Crippen molar-refractivity contribution in [1.82, 2.24) is 5.32 Å². The first-order chi connectivity index (χ1) is 11.7. The van der Waals surface area contributed by atoms with Gasteiger partial charge in [-0.15, -0.1) is 0 Å². The molecule has 24 heavy (non-hydrogen) atoms. The van der Waals surface area contributed by atoms with E-state index in [1.54, 1.807) is 0 Å². The van der Waals surface area contributed by atoms with Crippen molar-refractivity contribution in [2.75, 3.05) is 23.3 Å². The summed E-state index contributed by atoms with van der Waals surface area (Å²) in [4.78, 5) is 26.4. The van der Waals surface area contributed by atoms with Gasteiger partial charge in [-0.1, -0.05) is 19.3 Å². The maximum absolute atomic E-state index is 12.0. The summed E-state index contributed by atoms with van der Waals surface area (Å²) in [6.07, 6.45) is 9.21. The highest BCUT2D eigenvalue weighted by Crippen LogP contribution is 2.22. The van der Waals surface area contributed by atoms with E-state index in [-0.39, 0.29) is 6.04 Å². The minimum absolute atomic E-state index is 0.151. The smallest absolute Gasteiger partial charge is 0.313 e. The van der Waals surface area contributed by atoms with E-state index in [2.05, 4.69) is 15.5 Å². The molecule has 130 valence electrons. The molecular weight excluding hydrogens is 302 g/mol. The van der Waals surface area contributed by atoms with Crippen molar-refractivity contribution in [1.29, 1.82) is 0 Å². The first-order valence-electron chi connectivity index (χ1n) is 9.19. The fraction of sp³-hybridized carbons (Fsp3) is 0.579. The highest BCUT2D eigenvalue weighted by atomic mass is 16.2. The molecule has 2 N–H and O–H groups in total. The van der Waals surface area contributed by atoms with Crippen LogP contribution in [-0.2, 0) is 9.59 Å². The van der Waals surface area contributed by atoms with Gasteiger partial charge in [0.1, 0.15) is 0 Å². The van der Waals surface area contributed by atoms with Gasteiger partial charge in [0.2, 0.25) is 0 Å². The second-order valence-corrected chi connectivity index (χ2v) is 6.86. The Hall–Kier alpha value is -2.04. The van der Waals surface area contributed by atoms with Crippen LogP contribution in [0.25, 0.3) is 0 Å². The number of benzene rings is 1. The molecule has 0 radical (unpaired) electrons. The number of piperidine rings is 1. The Kier molecular flexibility index (Phi) is 5.72. The number of rotatable bonds is 3. The molecule has 1 aliphatic carbocycles. The molecule has 0 aromatic heterocycles. The maximum Gasteiger partial charge on any atom is 0.313 e. The SMILES string of the molecule is O=C(Nc1ccc(N2CCCCC2)cc1)C(=O)NC1CCCCC1. The lowest BCUT2D eigenvalue weighted by atomic mass is 9.95. The Morgan fingerprint density at radius 1 is 0.833 bits per heavy atom. The lowest BCUT2D eigenvalue weighted by Crippen LogP contribution is -2.42. The second-order valence-electron chi connectivity index (χ2n) is 6.86. The Labute approximate surface area is 143 Å². The van der Waals surface area contributed by atoms with Gasteiger partial charge in [0.25, 0.3) is 0 Å². The number of carbonyl (C=O) groups excluding carboxylic acids is 2. The fourth-order valence-corrected chi connectivity index (χ4v) is 3.59. The molecule has 2 fully saturated rings. The first kappa shape index (κ1) is 16.8. The van der Waals surface area contributed by atoms with E-state index in [1.165, 1.54) is 31.4 Å². The number of carbonyl (C=O) groups is 2. The van der Waals surface area contributed by atoms with Crippen LogP contribution in [0.4, 0.5) is 11.4 Å². The molecule has 2 aliphatic rings. The van der Waals surface area contributed by atoms with Crippen molar-refractivity contribution in [2.24, 2.45) is 0 Å². The van der Waals surface area contributed by atoms with E-state index in [0.717, 1.165) is 38.8 Å². The molecule has 0 atom stereocenters. The van der Waals surface area contributed by atoms with Gasteiger partial charge < -0.3 is 15.5 Å². The van der Waals surface area contributed by atoms with Crippen LogP contribution < -0.4 is 15.5 Å². The quantitative estimate of drug-likeness (QED) is 0.838. The molecule has 1 aliphatic heterocycles. The molecule has 1 heterocycles. The zero-order valence-corrected chi connectivity index (χ0v) is 14.2. The minimum Gasteiger partial charge on any atom is -0.372 e. The van der Waals surface area contributed by atoms with E-state index in [0.29, 0.717) is 5.69 Å². The third kappa shape index (κ3) is 4.49. The molecule has 5 nitrogen and oxygen atoms in total. The number of anilines is 2. The summed E-state index contributed by atoms with van der Waals surface area (Å²) in [6, 6.07) is 7.92. The summed E-state index contributed by atoms with van der Waals surface area (Å²) in [5.74, 6) is -1.10. The molecule has 1 saturated heterocycles. The van der Waals surface area contributed by atoms with Crippen molar-refractivity contribution in [3.8, 4) is 0 Å². The average molecular weight is 329 g/mol.